The molecule has 0 bridgehead atoms. The molecule has 0 spiro atoms. The minimum absolute atomic E-state index is 0.0486. The van der Waals surface area contributed by atoms with Crippen LogP contribution < -0.4 is 5.32 Å². The van der Waals surface area contributed by atoms with Crippen LogP contribution in [-0.2, 0) is 9.47 Å². The molecule has 1 aliphatic carbocycles. The Labute approximate surface area is 142 Å². The van der Waals surface area contributed by atoms with Crippen molar-refractivity contribution in [3.63, 3.8) is 0 Å². The quantitative estimate of drug-likeness (QED) is 0.842. The van der Waals surface area contributed by atoms with E-state index < -0.39 is 5.79 Å². The average Bonchev–Trinajstić information content (AvgIpc) is 3.10. The monoisotopic (exact) mass is 382 g/mol. The van der Waals surface area contributed by atoms with E-state index in [0.717, 1.165) is 22.5 Å². The maximum Gasteiger partial charge on any atom is 0.163 e. The normalized spacial score (nSPS) is 32.3. The highest BCUT2D eigenvalue weighted by molar-refractivity contribution is 9.10. The number of rotatable bonds is 3. The van der Waals surface area contributed by atoms with Gasteiger partial charge >= 0.3 is 0 Å². The lowest BCUT2D eigenvalue weighted by atomic mass is 10.1. The molecule has 2 fully saturated rings. The van der Waals surface area contributed by atoms with Crippen LogP contribution in [-0.4, -0.2) is 50.3 Å². The lowest BCUT2D eigenvalue weighted by Gasteiger charge is -2.24. The first-order valence-electron chi connectivity index (χ1n) is 7.70. The number of hydrogen-bond acceptors (Lipinski definition) is 6. The van der Waals surface area contributed by atoms with Crippen molar-refractivity contribution in [2.45, 2.75) is 44.3 Å². The van der Waals surface area contributed by atoms with Crippen LogP contribution in [0.15, 0.2) is 22.9 Å². The number of anilines is 1. The first-order valence-corrected chi connectivity index (χ1v) is 8.49. The Bertz CT molecular complexity index is 735. The Balaban J connectivity index is 1.63. The van der Waals surface area contributed by atoms with Gasteiger partial charge in [-0.25, -0.2) is 4.98 Å². The van der Waals surface area contributed by atoms with Gasteiger partial charge in [0.05, 0.1) is 12.1 Å². The molecule has 1 saturated heterocycles. The zero-order chi connectivity index (χ0) is 16.2. The van der Waals surface area contributed by atoms with Gasteiger partial charge in [0.25, 0.3) is 0 Å². The Morgan fingerprint density at radius 2 is 2.22 bits per heavy atom. The summed E-state index contributed by atoms with van der Waals surface area (Å²) in [6, 6.07) is 3.79. The Hall–Kier alpha value is -1.22. The average molecular weight is 383 g/mol. The fraction of sp³-hybridized carbons (Fsp3) is 0.600. The summed E-state index contributed by atoms with van der Waals surface area (Å²) in [4.78, 5) is 4.29. The minimum Gasteiger partial charge on any atom is -0.396 e. The SMILES string of the molecule is CC1(C)O[C@@H]2[C@@H](CO)C[C@@H](Nc3ccnc4cc(Br)nn34)[C@@H]2O1. The highest BCUT2D eigenvalue weighted by Gasteiger charge is 2.53. The molecule has 0 amide bonds. The van der Waals surface area contributed by atoms with Gasteiger partial charge in [-0.2, -0.15) is 9.61 Å². The molecular weight excluding hydrogens is 364 g/mol. The zero-order valence-electron chi connectivity index (χ0n) is 12.9. The largest absolute Gasteiger partial charge is 0.396 e. The molecule has 2 aliphatic rings. The van der Waals surface area contributed by atoms with Crippen molar-refractivity contribution < 1.29 is 14.6 Å². The van der Waals surface area contributed by atoms with E-state index >= 15 is 0 Å². The van der Waals surface area contributed by atoms with Crippen LogP contribution in [0.4, 0.5) is 5.82 Å². The zero-order valence-corrected chi connectivity index (χ0v) is 14.5. The molecule has 0 aromatic carbocycles. The number of halogens is 1. The second-order valence-electron chi connectivity index (χ2n) is 6.56. The van der Waals surface area contributed by atoms with Gasteiger partial charge in [-0.15, -0.1) is 0 Å². The molecule has 0 radical (unpaired) electrons. The molecule has 8 heteroatoms. The van der Waals surface area contributed by atoms with Crippen LogP contribution in [0.3, 0.4) is 0 Å². The number of aliphatic hydroxyl groups is 1. The first kappa shape index (κ1) is 15.3. The van der Waals surface area contributed by atoms with Crippen LogP contribution in [0, 0.1) is 5.92 Å². The van der Waals surface area contributed by atoms with E-state index in [9.17, 15) is 5.11 Å². The number of nitrogens with one attached hydrogen (secondary N) is 1. The summed E-state index contributed by atoms with van der Waals surface area (Å²) in [5.74, 6) is 0.295. The fourth-order valence-corrected chi connectivity index (χ4v) is 3.94. The molecule has 0 unspecified atom stereocenters. The smallest absolute Gasteiger partial charge is 0.163 e. The number of aliphatic hydroxyl groups excluding tert-OH is 1. The second-order valence-corrected chi connectivity index (χ2v) is 7.37. The molecule has 4 atom stereocenters. The number of aromatic nitrogens is 3. The molecule has 124 valence electrons. The van der Waals surface area contributed by atoms with Crippen molar-refractivity contribution in [1.82, 2.24) is 14.6 Å². The predicted octanol–water partition coefficient (Wildman–Crippen LogP) is 1.80. The molecule has 23 heavy (non-hydrogen) atoms. The summed E-state index contributed by atoms with van der Waals surface area (Å²) < 4.78 is 14.5. The van der Waals surface area contributed by atoms with E-state index in [2.05, 4.69) is 31.3 Å². The molecule has 1 aliphatic heterocycles. The molecule has 2 aromatic heterocycles. The number of hydrogen-bond donors (Lipinski definition) is 2. The van der Waals surface area contributed by atoms with Crippen LogP contribution in [0.25, 0.3) is 5.65 Å². The van der Waals surface area contributed by atoms with Gasteiger partial charge in [0, 0.05) is 24.8 Å². The summed E-state index contributed by atoms with van der Waals surface area (Å²) in [6.45, 7) is 3.91. The van der Waals surface area contributed by atoms with Crippen molar-refractivity contribution in [3.8, 4) is 0 Å². The van der Waals surface area contributed by atoms with Gasteiger partial charge in [-0.05, 0) is 42.3 Å². The van der Waals surface area contributed by atoms with Crippen LogP contribution in [0.5, 0.6) is 0 Å². The lowest BCUT2D eigenvalue weighted by molar-refractivity contribution is -0.158. The Kier molecular flexibility index (Phi) is 3.60. The van der Waals surface area contributed by atoms with Crippen LogP contribution >= 0.6 is 15.9 Å². The third kappa shape index (κ3) is 2.63. The van der Waals surface area contributed by atoms with Crippen LogP contribution in [0.1, 0.15) is 20.3 Å². The minimum atomic E-state index is -0.620. The second kappa shape index (κ2) is 5.41. The van der Waals surface area contributed by atoms with Gasteiger partial charge in [-0.3, -0.25) is 0 Å². The van der Waals surface area contributed by atoms with E-state index in [0.29, 0.717) is 0 Å². The third-order valence-corrected chi connectivity index (χ3v) is 4.86. The van der Waals surface area contributed by atoms with Crippen molar-refractivity contribution >= 4 is 27.4 Å². The van der Waals surface area contributed by atoms with Crippen LogP contribution in [0.2, 0.25) is 0 Å². The topological polar surface area (TPSA) is 80.9 Å². The fourth-order valence-electron chi connectivity index (χ4n) is 3.57. The highest BCUT2D eigenvalue weighted by atomic mass is 79.9. The van der Waals surface area contributed by atoms with Gasteiger partial charge in [0.15, 0.2) is 11.4 Å². The number of ether oxygens (including phenoxy) is 2. The molecule has 3 heterocycles. The van der Waals surface area contributed by atoms with E-state index in [1.807, 2.05) is 26.0 Å². The van der Waals surface area contributed by atoms with Gasteiger partial charge < -0.3 is 19.9 Å². The standard InChI is InChI=1S/C15H19BrN4O3/c1-15(2)22-13-8(7-21)5-9(14(13)23-15)18-11-3-4-17-12-6-10(16)19-20(11)12/h3-4,6,8-9,13-14,18,21H,5,7H2,1-2H3/t8-,9-,13-,14+/m1/s1. The summed E-state index contributed by atoms with van der Waals surface area (Å²) in [5, 5.41) is 17.5. The van der Waals surface area contributed by atoms with Crippen molar-refractivity contribution in [1.29, 1.82) is 0 Å². The maximum absolute atomic E-state index is 9.65. The van der Waals surface area contributed by atoms with E-state index in [4.69, 9.17) is 9.47 Å². The summed E-state index contributed by atoms with van der Waals surface area (Å²) >= 11 is 3.37. The van der Waals surface area contributed by atoms with Gasteiger partial charge in [0.1, 0.15) is 16.5 Å². The number of fused-ring (bicyclic) bond motifs is 2. The third-order valence-electron chi connectivity index (χ3n) is 4.48. The summed E-state index contributed by atoms with van der Waals surface area (Å²) in [6.07, 6.45) is 2.35. The van der Waals surface area contributed by atoms with E-state index in [1.165, 1.54) is 0 Å². The lowest BCUT2D eigenvalue weighted by Crippen LogP contribution is -2.35. The molecule has 2 N–H and O–H groups in total. The summed E-state index contributed by atoms with van der Waals surface area (Å²) in [5.41, 5.74) is 0.763. The maximum atomic E-state index is 9.65. The number of nitrogens with zero attached hydrogens (tertiary/aromatic N) is 3. The highest BCUT2D eigenvalue weighted by Crippen LogP contribution is 2.42. The molecule has 7 nitrogen and oxygen atoms in total. The molecule has 2 aromatic rings. The predicted molar refractivity (Wildman–Crippen MR) is 87.1 cm³/mol. The molecule has 4 rings (SSSR count). The first-order chi connectivity index (χ1) is 11.0. The van der Waals surface area contributed by atoms with E-state index in [-0.39, 0.29) is 30.8 Å². The van der Waals surface area contributed by atoms with E-state index in [1.54, 1.807) is 10.7 Å². The molecular formula is C15H19BrN4O3. The Morgan fingerprint density at radius 3 is 3.00 bits per heavy atom. The Morgan fingerprint density at radius 1 is 1.43 bits per heavy atom. The van der Waals surface area contributed by atoms with Crippen molar-refractivity contribution in [2.75, 3.05) is 11.9 Å². The van der Waals surface area contributed by atoms with Gasteiger partial charge in [0.2, 0.25) is 0 Å². The van der Waals surface area contributed by atoms with Crippen molar-refractivity contribution in [2.24, 2.45) is 5.92 Å². The van der Waals surface area contributed by atoms with Crippen molar-refractivity contribution in [3.05, 3.63) is 22.9 Å². The summed E-state index contributed by atoms with van der Waals surface area (Å²) in [7, 11) is 0. The molecule has 1 saturated carbocycles. The van der Waals surface area contributed by atoms with Gasteiger partial charge in [-0.1, -0.05) is 0 Å².